The zero-order valence-corrected chi connectivity index (χ0v) is 20.9. The lowest BCUT2D eigenvalue weighted by atomic mass is 10.1. The van der Waals surface area contributed by atoms with Gasteiger partial charge in [-0.15, -0.1) is 0 Å². The van der Waals surface area contributed by atoms with Crippen molar-refractivity contribution in [3.63, 3.8) is 0 Å². The molecule has 39 heavy (non-hydrogen) atoms. The molecule has 0 unspecified atom stereocenters. The maximum Gasteiger partial charge on any atom is 0.331 e. The van der Waals surface area contributed by atoms with Crippen LogP contribution in [0.15, 0.2) is 85.3 Å². The number of alkyl halides is 2. The van der Waals surface area contributed by atoms with Crippen LogP contribution in [-0.4, -0.2) is 37.2 Å². The molecule has 3 aromatic carbocycles. The number of para-hydroxylation sites is 1. The fourth-order valence-electron chi connectivity index (χ4n) is 3.79. The highest BCUT2D eigenvalue weighted by Gasteiger charge is 2.38. The van der Waals surface area contributed by atoms with Crippen molar-refractivity contribution < 1.29 is 17.9 Å². The number of hydrogen-bond acceptors (Lipinski definition) is 7. The number of nitrogens with one attached hydrogen (secondary N) is 2. The van der Waals surface area contributed by atoms with Gasteiger partial charge in [-0.3, -0.25) is 5.10 Å². The Morgan fingerprint density at radius 1 is 0.923 bits per heavy atom. The molecule has 0 atom stereocenters. The maximum atomic E-state index is 15.1. The number of hydrogen-bond donors (Lipinski definition) is 2. The number of methoxy groups -OCH3 is 1. The average molecular weight is 530 g/mol. The predicted molar refractivity (Wildman–Crippen MR) is 142 cm³/mol. The van der Waals surface area contributed by atoms with E-state index in [-0.39, 0.29) is 11.3 Å². The first kappa shape index (κ1) is 25.6. The molecule has 8 nitrogen and oxygen atoms in total. The van der Waals surface area contributed by atoms with Crippen LogP contribution in [0, 0.1) is 12.7 Å². The minimum Gasteiger partial charge on any atom is -0.497 e. The standard InChI is InChI=1S/C20H16F3N5O.C8H6N2/c1-11-9-17(28-27-11)25-18-15-8-7-14(29-2)10-16(15)24-19(26-18)20(22,23)12-3-5-13(21)6-4-12;1-2-4-8-7(3-1)5-9-6-10-8/h3-10H,1-2H3,(H2,24,25,26,27,28);1-6H. The number of rotatable bonds is 5. The van der Waals surface area contributed by atoms with Gasteiger partial charge in [0, 0.05) is 40.4 Å². The lowest BCUT2D eigenvalue weighted by molar-refractivity contribution is 0.0333. The first-order valence-corrected chi connectivity index (χ1v) is 11.8. The molecular formula is C28H22F3N7O. The Balaban J connectivity index is 0.000000257. The van der Waals surface area contributed by atoms with E-state index in [1.807, 2.05) is 37.4 Å². The second-order valence-electron chi connectivity index (χ2n) is 8.50. The zero-order valence-electron chi connectivity index (χ0n) is 20.9. The van der Waals surface area contributed by atoms with Crippen LogP contribution >= 0.6 is 0 Å². The number of fused-ring (bicyclic) bond motifs is 2. The first-order chi connectivity index (χ1) is 18.8. The van der Waals surface area contributed by atoms with Gasteiger partial charge in [-0.25, -0.2) is 24.3 Å². The SMILES string of the molecule is COc1ccc2c(Nc3cc(C)[nH]n3)nc(C(F)(F)c3ccc(F)cc3)nc2c1.c1ccc2ncncc2c1. The summed E-state index contributed by atoms with van der Waals surface area (Å²) < 4.78 is 48.6. The van der Waals surface area contributed by atoms with Gasteiger partial charge in [0.1, 0.15) is 23.7 Å². The van der Waals surface area contributed by atoms with Crippen molar-refractivity contribution in [3.8, 4) is 5.75 Å². The van der Waals surface area contributed by atoms with Crippen LogP contribution in [0.5, 0.6) is 5.75 Å². The van der Waals surface area contributed by atoms with Gasteiger partial charge in [-0.2, -0.15) is 13.9 Å². The fraction of sp³-hybridized carbons (Fsp3) is 0.107. The van der Waals surface area contributed by atoms with Gasteiger partial charge in [0.2, 0.25) is 5.82 Å². The average Bonchev–Trinajstić information content (AvgIpc) is 3.37. The molecule has 0 aliphatic carbocycles. The van der Waals surface area contributed by atoms with Crippen LogP contribution in [0.25, 0.3) is 21.8 Å². The van der Waals surface area contributed by atoms with Crippen molar-refractivity contribution in [1.82, 2.24) is 30.1 Å². The van der Waals surface area contributed by atoms with Crippen molar-refractivity contribution >= 4 is 33.4 Å². The Morgan fingerprint density at radius 3 is 2.44 bits per heavy atom. The smallest absolute Gasteiger partial charge is 0.331 e. The van der Waals surface area contributed by atoms with E-state index in [1.54, 1.807) is 30.6 Å². The molecule has 2 N–H and O–H groups in total. The number of nitrogens with zero attached hydrogens (tertiary/aromatic N) is 5. The summed E-state index contributed by atoms with van der Waals surface area (Å²) in [5, 5.41) is 11.4. The minimum atomic E-state index is -3.54. The van der Waals surface area contributed by atoms with Crippen LogP contribution in [0.4, 0.5) is 24.8 Å². The topological polar surface area (TPSA) is 102 Å². The largest absolute Gasteiger partial charge is 0.497 e. The minimum absolute atomic E-state index is 0.168. The van der Waals surface area contributed by atoms with Crippen LogP contribution < -0.4 is 10.1 Å². The summed E-state index contributed by atoms with van der Waals surface area (Å²) in [6.07, 6.45) is 3.37. The number of halogens is 3. The number of benzene rings is 3. The summed E-state index contributed by atoms with van der Waals surface area (Å²) in [5.41, 5.74) is 1.65. The molecule has 0 amide bonds. The molecular weight excluding hydrogens is 507 g/mol. The lowest BCUT2D eigenvalue weighted by Gasteiger charge is -2.17. The van der Waals surface area contributed by atoms with Gasteiger partial charge in [-0.05, 0) is 49.4 Å². The highest BCUT2D eigenvalue weighted by molar-refractivity contribution is 5.91. The van der Waals surface area contributed by atoms with Gasteiger partial charge >= 0.3 is 5.92 Å². The lowest BCUT2D eigenvalue weighted by Crippen LogP contribution is -2.20. The molecule has 0 saturated heterocycles. The third kappa shape index (κ3) is 5.61. The molecule has 0 aliphatic rings. The molecule has 196 valence electrons. The van der Waals surface area contributed by atoms with Crippen molar-refractivity contribution in [2.45, 2.75) is 12.8 Å². The van der Waals surface area contributed by atoms with E-state index in [2.05, 4.69) is 35.5 Å². The number of aromatic amines is 1. The van der Waals surface area contributed by atoms with Crippen molar-refractivity contribution in [1.29, 1.82) is 0 Å². The van der Waals surface area contributed by atoms with Gasteiger partial charge < -0.3 is 10.1 Å². The van der Waals surface area contributed by atoms with Gasteiger partial charge in [0.25, 0.3) is 0 Å². The summed E-state index contributed by atoms with van der Waals surface area (Å²) in [6, 6.07) is 18.5. The Hall–Kier alpha value is -5.06. The van der Waals surface area contributed by atoms with E-state index in [0.717, 1.165) is 40.9 Å². The summed E-state index contributed by atoms with van der Waals surface area (Å²) >= 11 is 0. The van der Waals surface area contributed by atoms with E-state index in [4.69, 9.17) is 4.74 Å². The second-order valence-corrected chi connectivity index (χ2v) is 8.50. The monoisotopic (exact) mass is 529 g/mol. The first-order valence-electron chi connectivity index (χ1n) is 11.8. The molecule has 11 heteroatoms. The van der Waals surface area contributed by atoms with Crippen LogP contribution in [0.1, 0.15) is 17.1 Å². The number of aromatic nitrogens is 6. The van der Waals surface area contributed by atoms with Crippen molar-refractivity contribution in [3.05, 3.63) is 108 Å². The summed E-state index contributed by atoms with van der Waals surface area (Å²) in [4.78, 5) is 16.1. The number of aryl methyl sites for hydroxylation is 1. The highest BCUT2D eigenvalue weighted by Crippen LogP contribution is 2.36. The quantitative estimate of drug-likeness (QED) is 0.269. The molecule has 0 spiro atoms. The summed E-state index contributed by atoms with van der Waals surface area (Å²) in [6.45, 7) is 1.81. The molecule has 0 fully saturated rings. The third-order valence-corrected chi connectivity index (χ3v) is 5.76. The number of anilines is 2. The molecule has 0 saturated carbocycles. The summed E-state index contributed by atoms with van der Waals surface area (Å²) in [7, 11) is 1.47. The van der Waals surface area contributed by atoms with Crippen LogP contribution in [0.2, 0.25) is 0 Å². The molecule has 3 aromatic heterocycles. The second kappa shape index (κ2) is 10.7. The van der Waals surface area contributed by atoms with Gasteiger partial charge in [0.05, 0.1) is 18.1 Å². The number of H-pyrrole nitrogens is 1. The molecule has 0 radical (unpaired) electrons. The van der Waals surface area contributed by atoms with Gasteiger partial charge in [-0.1, -0.05) is 18.2 Å². The number of ether oxygens (including phenoxy) is 1. The Bertz CT molecular complexity index is 1670. The van der Waals surface area contributed by atoms with Gasteiger partial charge in [0.15, 0.2) is 5.82 Å². The molecule has 0 aliphatic heterocycles. The Kier molecular flexibility index (Phi) is 7.04. The molecule has 3 heterocycles. The normalized spacial score (nSPS) is 11.2. The van der Waals surface area contributed by atoms with Crippen molar-refractivity contribution in [2.24, 2.45) is 0 Å². The molecule has 6 rings (SSSR count). The summed E-state index contributed by atoms with van der Waals surface area (Å²) in [5.74, 6) is -3.81. The zero-order chi connectivity index (χ0) is 27.4. The van der Waals surface area contributed by atoms with Crippen LogP contribution in [-0.2, 0) is 5.92 Å². The van der Waals surface area contributed by atoms with E-state index in [0.29, 0.717) is 17.0 Å². The molecule has 6 aromatic rings. The van der Waals surface area contributed by atoms with Crippen LogP contribution in [0.3, 0.4) is 0 Å². The van der Waals surface area contributed by atoms with E-state index >= 15 is 8.78 Å². The Morgan fingerprint density at radius 2 is 1.72 bits per heavy atom. The van der Waals surface area contributed by atoms with E-state index < -0.39 is 23.1 Å². The molecule has 0 bridgehead atoms. The predicted octanol–water partition coefficient (Wildman–Crippen LogP) is 6.32. The Labute approximate surface area is 221 Å². The fourth-order valence-corrected chi connectivity index (χ4v) is 3.79. The third-order valence-electron chi connectivity index (χ3n) is 5.76. The van der Waals surface area contributed by atoms with E-state index in [1.165, 1.54) is 7.11 Å². The van der Waals surface area contributed by atoms with E-state index in [9.17, 15) is 4.39 Å². The highest BCUT2D eigenvalue weighted by atomic mass is 19.3. The van der Waals surface area contributed by atoms with Crippen molar-refractivity contribution in [2.75, 3.05) is 12.4 Å². The maximum absolute atomic E-state index is 15.1.